The van der Waals surface area contributed by atoms with Crippen LogP contribution in [0.15, 0.2) is 23.0 Å². The van der Waals surface area contributed by atoms with E-state index in [2.05, 4.69) is 38.6 Å². The van der Waals surface area contributed by atoms with Gasteiger partial charge in [-0.3, -0.25) is 0 Å². The second-order valence-corrected chi connectivity index (χ2v) is 11.9. The quantitative estimate of drug-likeness (QED) is 0.209. The summed E-state index contributed by atoms with van der Waals surface area (Å²) in [6, 6.07) is 3.07. The van der Waals surface area contributed by atoms with Crippen LogP contribution in [0.4, 0.5) is 0 Å². The van der Waals surface area contributed by atoms with E-state index in [-0.39, 0.29) is 0 Å². The zero-order valence-electron chi connectivity index (χ0n) is 16.3. The molecule has 1 aliphatic heterocycles. The molecule has 0 radical (unpaired) electrons. The average molecular weight is 335 g/mol. The zero-order chi connectivity index (χ0) is 16.8. The molecule has 0 nitrogen and oxygen atoms in total. The van der Waals surface area contributed by atoms with Crippen LogP contribution in [0.1, 0.15) is 104 Å². The third-order valence-electron chi connectivity index (χ3n) is 5.60. The van der Waals surface area contributed by atoms with Gasteiger partial charge in [0.25, 0.3) is 0 Å². The molecule has 1 aliphatic rings. The fourth-order valence-electron chi connectivity index (χ4n) is 4.04. The van der Waals surface area contributed by atoms with Crippen molar-refractivity contribution >= 4 is 8.07 Å². The third-order valence-corrected chi connectivity index (χ3v) is 10.6. The van der Waals surface area contributed by atoms with Gasteiger partial charge in [0.1, 0.15) is 8.07 Å². The van der Waals surface area contributed by atoms with Gasteiger partial charge in [-0.05, 0) is 12.8 Å². The Labute approximate surface area is 147 Å². The lowest BCUT2D eigenvalue weighted by molar-refractivity contribution is 0.664. The van der Waals surface area contributed by atoms with E-state index in [4.69, 9.17) is 0 Å². The Bertz CT molecular complexity index is 328. The van der Waals surface area contributed by atoms with Crippen molar-refractivity contribution in [2.24, 2.45) is 0 Å². The van der Waals surface area contributed by atoms with Crippen LogP contribution in [-0.4, -0.2) is 8.07 Å². The summed E-state index contributed by atoms with van der Waals surface area (Å²) in [5, 5.41) is 1.90. The topological polar surface area (TPSA) is 0 Å². The van der Waals surface area contributed by atoms with Crippen LogP contribution < -0.4 is 0 Å². The number of unbranched alkanes of at least 4 members (excludes halogenated alkanes) is 9. The molecule has 0 fully saturated rings. The molecule has 0 aliphatic carbocycles. The van der Waals surface area contributed by atoms with E-state index in [1.165, 1.54) is 95.6 Å². The SMILES string of the molecule is CCCCCCC1=CC=C[Si]1(CCCCCC)CCCCCC. The van der Waals surface area contributed by atoms with Gasteiger partial charge < -0.3 is 0 Å². The minimum Gasteiger partial charge on any atom is -0.0901 e. The molecule has 0 saturated carbocycles. The van der Waals surface area contributed by atoms with Crippen molar-refractivity contribution in [2.75, 3.05) is 0 Å². The van der Waals surface area contributed by atoms with Gasteiger partial charge in [-0.2, -0.15) is 0 Å². The first-order valence-electron chi connectivity index (χ1n) is 10.7. The molecule has 0 spiro atoms. The van der Waals surface area contributed by atoms with E-state index in [0.717, 1.165) is 0 Å². The summed E-state index contributed by atoms with van der Waals surface area (Å²) in [6.45, 7) is 6.97. The van der Waals surface area contributed by atoms with Crippen molar-refractivity contribution in [3.05, 3.63) is 23.0 Å². The second kappa shape index (κ2) is 13.0. The minimum absolute atomic E-state index is 1.24. The largest absolute Gasteiger partial charge is 0.105 e. The fourth-order valence-corrected chi connectivity index (χ4v) is 8.81. The Morgan fingerprint density at radius 1 is 0.652 bits per heavy atom. The summed E-state index contributed by atoms with van der Waals surface area (Å²) < 4.78 is 0. The summed E-state index contributed by atoms with van der Waals surface area (Å²) >= 11 is 0. The van der Waals surface area contributed by atoms with Gasteiger partial charge >= 0.3 is 0 Å². The van der Waals surface area contributed by atoms with Crippen LogP contribution in [0.3, 0.4) is 0 Å². The summed E-state index contributed by atoms with van der Waals surface area (Å²) in [7, 11) is -1.24. The highest BCUT2D eigenvalue weighted by molar-refractivity contribution is 6.91. The van der Waals surface area contributed by atoms with Crippen molar-refractivity contribution in [3.8, 4) is 0 Å². The molecular weight excluding hydrogens is 292 g/mol. The highest BCUT2D eigenvalue weighted by atomic mass is 28.3. The van der Waals surface area contributed by atoms with Gasteiger partial charge in [0.05, 0.1) is 0 Å². The van der Waals surface area contributed by atoms with Gasteiger partial charge in [-0.1, -0.05) is 127 Å². The van der Waals surface area contributed by atoms with Crippen LogP contribution in [0, 0.1) is 0 Å². The number of allylic oxidation sites excluding steroid dienone is 3. The van der Waals surface area contributed by atoms with Gasteiger partial charge in [0.15, 0.2) is 0 Å². The standard InChI is InChI=1S/C22H42Si/c1-4-7-10-13-17-22-18-16-21-23(22,19-14-11-8-5-2)20-15-12-9-6-3/h16,18,21H,4-15,17,19-20H2,1-3H3. The molecule has 1 rings (SSSR count). The zero-order valence-corrected chi connectivity index (χ0v) is 17.3. The highest BCUT2D eigenvalue weighted by Crippen LogP contribution is 2.37. The van der Waals surface area contributed by atoms with Crippen LogP contribution in [-0.2, 0) is 0 Å². The Morgan fingerprint density at radius 2 is 1.17 bits per heavy atom. The lowest BCUT2D eigenvalue weighted by Gasteiger charge is -2.30. The fraction of sp³-hybridized carbons (Fsp3) is 0.818. The van der Waals surface area contributed by atoms with Gasteiger partial charge in [-0.15, -0.1) is 0 Å². The summed E-state index contributed by atoms with van der Waals surface area (Å²) in [5.74, 6) is 0. The predicted octanol–water partition coefficient (Wildman–Crippen LogP) is 8.14. The number of hydrogen-bond donors (Lipinski definition) is 0. The third kappa shape index (κ3) is 7.87. The van der Waals surface area contributed by atoms with E-state index in [1.54, 1.807) is 0 Å². The predicted molar refractivity (Wildman–Crippen MR) is 110 cm³/mol. The smallest absolute Gasteiger partial charge is 0.0901 e. The Kier molecular flexibility index (Phi) is 11.8. The minimum atomic E-state index is -1.24. The van der Waals surface area contributed by atoms with Crippen molar-refractivity contribution < 1.29 is 0 Å². The molecule has 134 valence electrons. The van der Waals surface area contributed by atoms with Crippen LogP contribution >= 0.6 is 0 Å². The number of hydrogen-bond acceptors (Lipinski definition) is 0. The molecule has 1 heterocycles. The Hall–Kier alpha value is -0.303. The first kappa shape index (κ1) is 20.7. The number of rotatable bonds is 15. The molecule has 0 N–H and O–H groups in total. The summed E-state index contributed by atoms with van der Waals surface area (Å²) in [4.78, 5) is 0. The Morgan fingerprint density at radius 3 is 1.70 bits per heavy atom. The van der Waals surface area contributed by atoms with E-state index in [9.17, 15) is 0 Å². The van der Waals surface area contributed by atoms with Crippen LogP contribution in [0.25, 0.3) is 0 Å². The van der Waals surface area contributed by atoms with E-state index < -0.39 is 8.07 Å². The van der Waals surface area contributed by atoms with Crippen LogP contribution in [0.2, 0.25) is 12.1 Å². The molecule has 0 saturated heterocycles. The first-order chi connectivity index (χ1) is 11.3. The highest BCUT2D eigenvalue weighted by Gasteiger charge is 2.34. The molecule has 0 atom stereocenters. The summed E-state index contributed by atoms with van der Waals surface area (Å²) in [6.07, 6.45) is 23.4. The molecule has 0 unspecified atom stereocenters. The summed E-state index contributed by atoms with van der Waals surface area (Å²) in [5.41, 5.74) is 2.71. The molecule has 0 amide bonds. The maximum Gasteiger partial charge on any atom is 0.105 e. The molecule has 23 heavy (non-hydrogen) atoms. The molecule has 0 aromatic rings. The van der Waals surface area contributed by atoms with Gasteiger partial charge in [-0.25, -0.2) is 0 Å². The lowest BCUT2D eigenvalue weighted by atomic mass is 10.1. The van der Waals surface area contributed by atoms with Crippen molar-refractivity contribution in [1.82, 2.24) is 0 Å². The van der Waals surface area contributed by atoms with Crippen molar-refractivity contribution in [2.45, 2.75) is 116 Å². The first-order valence-corrected chi connectivity index (χ1v) is 13.2. The molecule has 1 heteroatoms. The molecular formula is C22H42Si. The maximum atomic E-state index is 2.71. The molecule has 0 aromatic carbocycles. The van der Waals surface area contributed by atoms with Crippen LogP contribution in [0.5, 0.6) is 0 Å². The second-order valence-electron chi connectivity index (χ2n) is 7.64. The normalized spacial score (nSPS) is 16.0. The molecule has 0 aromatic heterocycles. The van der Waals surface area contributed by atoms with Crippen molar-refractivity contribution in [3.63, 3.8) is 0 Å². The van der Waals surface area contributed by atoms with E-state index in [0.29, 0.717) is 0 Å². The monoisotopic (exact) mass is 334 g/mol. The molecule has 0 bridgehead atoms. The lowest BCUT2D eigenvalue weighted by Crippen LogP contribution is -2.33. The van der Waals surface area contributed by atoms with E-state index in [1.807, 2.05) is 5.20 Å². The maximum absolute atomic E-state index is 2.71. The van der Waals surface area contributed by atoms with E-state index >= 15 is 0 Å². The average Bonchev–Trinajstić information content (AvgIpc) is 2.96. The Balaban J connectivity index is 2.53. The van der Waals surface area contributed by atoms with Crippen molar-refractivity contribution in [1.29, 1.82) is 0 Å². The van der Waals surface area contributed by atoms with Gasteiger partial charge in [0.2, 0.25) is 0 Å². The van der Waals surface area contributed by atoms with Gasteiger partial charge in [0, 0.05) is 0 Å².